The summed E-state index contributed by atoms with van der Waals surface area (Å²) in [4.78, 5) is 14.7. The number of halogens is 1. The van der Waals surface area contributed by atoms with Crippen LogP contribution in [0.2, 0.25) is 5.15 Å². The maximum absolute atomic E-state index is 12.6. The first kappa shape index (κ1) is 19.3. The molecule has 2 rings (SSSR count). The molecular formula is C18H25ClN4O2. The van der Waals surface area contributed by atoms with Crippen molar-refractivity contribution in [3.8, 4) is 5.75 Å². The fourth-order valence-corrected chi connectivity index (χ4v) is 2.99. The van der Waals surface area contributed by atoms with Gasteiger partial charge in [0.05, 0.1) is 24.4 Å². The number of hydrogen-bond donors (Lipinski definition) is 1. The van der Waals surface area contributed by atoms with Gasteiger partial charge in [0, 0.05) is 13.6 Å². The number of ether oxygens (including phenoxy) is 1. The monoisotopic (exact) mass is 364 g/mol. The average Bonchev–Trinajstić information content (AvgIpc) is 2.89. The van der Waals surface area contributed by atoms with Gasteiger partial charge in [0.15, 0.2) is 0 Å². The Morgan fingerprint density at radius 3 is 2.76 bits per heavy atom. The van der Waals surface area contributed by atoms with Crippen molar-refractivity contribution >= 4 is 17.5 Å². The van der Waals surface area contributed by atoms with Crippen LogP contribution >= 0.6 is 11.6 Å². The van der Waals surface area contributed by atoms with Gasteiger partial charge in [0.25, 0.3) is 5.91 Å². The summed E-state index contributed by atoms with van der Waals surface area (Å²) in [7, 11) is 7.33. The third-order valence-corrected chi connectivity index (χ3v) is 4.60. The molecule has 1 aromatic carbocycles. The molecular weight excluding hydrogens is 340 g/mol. The summed E-state index contributed by atoms with van der Waals surface area (Å²) in [6.45, 7) is 2.40. The number of benzene rings is 1. The SMILES string of the molecule is CCc1nn(C)c(Cl)c1C(=O)NCC(c1cccc(OC)c1)N(C)C. The fourth-order valence-electron chi connectivity index (χ4n) is 2.75. The lowest BCUT2D eigenvalue weighted by molar-refractivity contribution is 0.0941. The molecule has 6 nitrogen and oxygen atoms in total. The van der Waals surface area contributed by atoms with Crippen LogP contribution in [0.15, 0.2) is 24.3 Å². The second-order valence-corrected chi connectivity index (χ2v) is 6.41. The number of nitrogens with one attached hydrogen (secondary N) is 1. The standard InChI is InChI=1S/C18H25ClN4O2/c1-6-14-16(17(19)23(4)21-14)18(24)20-11-15(22(2)3)12-8-7-9-13(10-12)25-5/h7-10,15H,6,11H2,1-5H3,(H,20,24). The zero-order valence-corrected chi connectivity index (χ0v) is 16.1. The van der Waals surface area contributed by atoms with Crippen molar-refractivity contribution in [2.45, 2.75) is 19.4 Å². The number of carbonyl (C=O) groups is 1. The molecule has 0 saturated carbocycles. The van der Waals surface area contributed by atoms with E-state index < -0.39 is 0 Å². The molecule has 25 heavy (non-hydrogen) atoms. The van der Waals surface area contributed by atoms with Crippen molar-refractivity contribution in [1.82, 2.24) is 20.0 Å². The van der Waals surface area contributed by atoms with Gasteiger partial charge in [0.1, 0.15) is 10.9 Å². The van der Waals surface area contributed by atoms with Crippen LogP contribution in [0, 0.1) is 0 Å². The zero-order valence-electron chi connectivity index (χ0n) is 15.3. The van der Waals surface area contributed by atoms with Crippen LogP contribution in [0.1, 0.15) is 34.6 Å². The van der Waals surface area contributed by atoms with Crippen molar-refractivity contribution in [3.63, 3.8) is 0 Å². The Morgan fingerprint density at radius 2 is 2.16 bits per heavy atom. The van der Waals surface area contributed by atoms with Crippen LogP contribution in [0.3, 0.4) is 0 Å². The van der Waals surface area contributed by atoms with Crippen molar-refractivity contribution < 1.29 is 9.53 Å². The van der Waals surface area contributed by atoms with Crippen molar-refractivity contribution in [1.29, 1.82) is 0 Å². The number of likely N-dealkylation sites (N-methyl/N-ethyl adjacent to an activating group) is 1. The highest BCUT2D eigenvalue weighted by atomic mass is 35.5. The van der Waals surface area contributed by atoms with E-state index in [0.29, 0.717) is 29.4 Å². The van der Waals surface area contributed by atoms with Gasteiger partial charge in [-0.3, -0.25) is 9.48 Å². The summed E-state index contributed by atoms with van der Waals surface area (Å²) in [6, 6.07) is 7.86. The molecule has 0 saturated heterocycles. The quantitative estimate of drug-likeness (QED) is 0.820. The Labute approximate surface area is 153 Å². The molecule has 0 radical (unpaired) electrons. The van der Waals surface area contributed by atoms with E-state index in [1.54, 1.807) is 14.2 Å². The molecule has 1 aromatic heterocycles. The lowest BCUT2D eigenvalue weighted by atomic mass is 10.1. The summed E-state index contributed by atoms with van der Waals surface area (Å²) in [5.74, 6) is 0.587. The third kappa shape index (κ3) is 4.32. The average molecular weight is 365 g/mol. The van der Waals surface area contributed by atoms with Gasteiger partial charge in [-0.1, -0.05) is 30.7 Å². The molecule has 136 valence electrons. The fraction of sp³-hybridized carbons (Fsp3) is 0.444. The Hall–Kier alpha value is -2.05. The first-order valence-corrected chi connectivity index (χ1v) is 8.56. The number of carbonyl (C=O) groups excluding carboxylic acids is 1. The Kier molecular flexibility index (Phi) is 6.45. The molecule has 7 heteroatoms. The Bertz CT molecular complexity index is 743. The van der Waals surface area contributed by atoms with Crippen molar-refractivity contribution in [3.05, 3.63) is 46.2 Å². The minimum Gasteiger partial charge on any atom is -0.497 e. The number of rotatable bonds is 7. The molecule has 1 N–H and O–H groups in total. The molecule has 1 heterocycles. The third-order valence-electron chi connectivity index (χ3n) is 4.17. The topological polar surface area (TPSA) is 59.4 Å². The lowest BCUT2D eigenvalue weighted by Gasteiger charge is -2.25. The molecule has 0 aliphatic carbocycles. The maximum atomic E-state index is 12.6. The number of nitrogens with zero attached hydrogens (tertiary/aromatic N) is 3. The van der Waals surface area contributed by atoms with E-state index in [1.165, 1.54) is 4.68 Å². The first-order chi connectivity index (χ1) is 11.9. The van der Waals surface area contributed by atoms with E-state index in [1.807, 2.05) is 45.3 Å². The van der Waals surface area contributed by atoms with Crippen LogP contribution in [-0.4, -0.2) is 48.3 Å². The number of methoxy groups -OCH3 is 1. The molecule has 1 atom stereocenters. The van der Waals surface area contributed by atoms with Gasteiger partial charge in [-0.15, -0.1) is 0 Å². The van der Waals surface area contributed by atoms with Gasteiger partial charge < -0.3 is 15.0 Å². The second-order valence-electron chi connectivity index (χ2n) is 6.06. The summed E-state index contributed by atoms with van der Waals surface area (Å²) < 4.78 is 6.82. The summed E-state index contributed by atoms with van der Waals surface area (Å²) in [5, 5.41) is 7.63. The van der Waals surface area contributed by atoms with Crippen molar-refractivity contribution in [2.75, 3.05) is 27.7 Å². The van der Waals surface area contributed by atoms with Gasteiger partial charge >= 0.3 is 0 Å². The van der Waals surface area contributed by atoms with E-state index >= 15 is 0 Å². The highest BCUT2D eigenvalue weighted by Crippen LogP contribution is 2.23. The zero-order chi connectivity index (χ0) is 18.6. The summed E-state index contributed by atoms with van der Waals surface area (Å²) >= 11 is 6.23. The number of aryl methyl sites for hydroxylation is 2. The van der Waals surface area contributed by atoms with Gasteiger partial charge in [-0.05, 0) is 38.2 Å². The largest absolute Gasteiger partial charge is 0.497 e. The summed E-state index contributed by atoms with van der Waals surface area (Å²) in [5.41, 5.74) is 2.22. The second kappa shape index (κ2) is 8.36. The predicted molar refractivity (Wildman–Crippen MR) is 99.4 cm³/mol. The van der Waals surface area contributed by atoms with Gasteiger partial charge in [0.2, 0.25) is 0 Å². The van der Waals surface area contributed by atoms with E-state index in [2.05, 4.69) is 15.3 Å². The van der Waals surface area contributed by atoms with Crippen LogP contribution in [-0.2, 0) is 13.5 Å². The normalized spacial score (nSPS) is 12.3. The van der Waals surface area contributed by atoms with Crippen molar-refractivity contribution in [2.24, 2.45) is 7.05 Å². The van der Waals surface area contributed by atoms with Crippen LogP contribution in [0.25, 0.3) is 0 Å². The minimum absolute atomic E-state index is 0.0135. The van der Waals surface area contributed by atoms with E-state index in [-0.39, 0.29) is 11.9 Å². The molecule has 2 aromatic rings. The first-order valence-electron chi connectivity index (χ1n) is 8.19. The van der Waals surface area contributed by atoms with Gasteiger partial charge in [-0.2, -0.15) is 5.10 Å². The molecule has 1 unspecified atom stereocenters. The predicted octanol–water partition coefficient (Wildman–Crippen LogP) is 2.68. The minimum atomic E-state index is -0.204. The molecule has 0 fully saturated rings. The highest BCUT2D eigenvalue weighted by molar-refractivity contribution is 6.33. The smallest absolute Gasteiger partial charge is 0.256 e. The Balaban J connectivity index is 2.17. The number of aromatic nitrogens is 2. The maximum Gasteiger partial charge on any atom is 0.256 e. The van der Waals surface area contributed by atoms with Crippen LogP contribution < -0.4 is 10.1 Å². The van der Waals surface area contributed by atoms with Gasteiger partial charge in [-0.25, -0.2) is 0 Å². The lowest BCUT2D eigenvalue weighted by Crippen LogP contribution is -2.35. The van der Waals surface area contributed by atoms with E-state index in [4.69, 9.17) is 16.3 Å². The Morgan fingerprint density at radius 1 is 1.44 bits per heavy atom. The molecule has 0 spiro atoms. The number of hydrogen-bond acceptors (Lipinski definition) is 4. The van der Waals surface area contributed by atoms with Crippen LogP contribution in [0.5, 0.6) is 5.75 Å². The molecule has 0 bridgehead atoms. The summed E-state index contributed by atoms with van der Waals surface area (Å²) in [6.07, 6.45) is 0.649. The highest BCUT2D eigenvalue weighted by Gasteiger charge is 2.22. The van der Waals surface area contributed by atoms with Crippen LogP contribution in [0.4, 0.5) is 0 Å². The molecule has 1 amide bonds. The molecule has 0 aliphatic rings. The number of amides is 1. The van der Waals surface area contributed by atoms with E-state index in [0.717, 1.165) is 11.3 Å². The molecule has 0 aliphatic heterocycles. The van der Waals surface area contributed by atoms with E-state index in [9.17, 15) is 4.79 Å².